The second-order valence-corrected chi connectivity index (χ2v) is 31.7. The second-order valence-electron chi connectivity index (χ2n) is 28.8. The van der Waals surface area contributed by atoms with Crippen LogP contribution in [0.4, 0.5) is 0 Å². The summed E-state index contributed by atoms with van der Waals surface area (Å²) in [6, 6.07) is 0. The number of phosphoric acid groups is 2. The maximum Gasteiger partial charge on any atom is 0.472 e. The van der Waals surface area contributed by atoms with E-state index in [1.807, 2.05) is 0 Å². The molecule has 0 fully saturated rings. The summed E-state index contributed by atoms with van der Waals surface area (Å²) in [5.41, 5.74) is 0. The third-order valence-corrected chi connectivity index (χ3v) is 19.5. The van der Waals surface area contributed by atoms with E-state index >= 15 is 0 Å². The predicted molar refractivity (Wildman–Crippen MR) is 386 cm³/mol. The fraction of sp³-hybridized carbons (Fsp3) is 0.947. The number of carbonyl (C=O) groups excluding carboxylic acids is 4. The normalized spacial score (nSPS) is 14.1. The molecule has 0 aliphatic rings. The van der Waals surface area contributed by atoms with Crippen LogP contribution in [-0.2, 0) is 65.4 Å². The maximum atomic E-state index is 13.1. The molecule has 95 heavy (non-hydrogen) atoms. The summed E-state index contributed by atoms with van der Waals surface area (Å²) in [6.45, 7) is 11.8. The van der Waals surface area contributed by atoms with Crippen molar-refractivity contribution in [3.63, 3.8) is 0 Å². The van der Waals surface area contributed by atoms with Crippen LogP contribution in [0.5, 0.6) is 0 Å². The molecule has 0 amide bonds. The molecule has 19 heteroatoms. The van der Waals surface area contributed by atoms with Crippen LogP contribution in [0.3, 0.4) is 0 Å². The van der Waals surface area contributed by atoms with E-state index in [0.29, 0.717) is 25.7 Å². The van der Waals surface area contributed by atoms with Crippen molar-refractivity contribution in [2.75, 3.05) is 39.6 Å². The van der Waals surface area contributed by atoms with Gasteiger partial charge in [-0.3, -0.25) is 37.3 Å². The minimum Gasteiger partial charge on any atom is -0.462 e. The minimum atomic E-state index is -4.96. The Hall–Kier alpha value is -1.94. The van der Waals surface area contributed by atoms with Gasteiger partial charge < -0.3 is 33.8 Å². The zero-order valence-electron chi connectivity index (χ0n) is 62.1. The third-order valence-electron chi connectivity index (χ3n) is 17.6. The lowest BCUT2D eigenvalue weighted by atomic mass is 10.0. The zero-order chi connectivity index (χ0) is 70.1. The van der Waals surface area contributed by atoms with Crippen LogP contribution in [0.1, 0.15) is 389 Å². The fourth-order valence-electron chi connectivity index (χ4n) is 11.6. The van der Waals surface area contributed by atoms with Gasteiger partial charge in [0.25, 0.3) is 0 Å². The maximum absolute atomic E-state index is 13.1. The average molecular weight is 1400 g/mol. The van der Waals surface area contributed by atoms with Gasteiger partial charge in [-0.25, -0.2) is 9.13 Å². The SMILES string of the molecule is CCCCCCCCCCCCCCCCCCCCCCCCC(=O)O[C@H](COC(=O)CCCCCCCCCCC(C)C)COP(=O)(O)OC[C@@H](O)COP(=O)(O)OC[C@@H](COC(=O)CCCCCCCCCCC(C)C)OC(=O)CCCCCCCCCCC(C)C. The lowest BCUT2D eigenvalue weighted by Gasteiger charge is -2.21. The van der Waals surface area contributed by atoms with Crippen molar-refractivity contribution in [2.45, 2.75) is 407 Å². The molecule has 564 valence electrons. The average Bonchev–Trinajstić information content (AvgIpc) is 1.50. The van der Waals surface area contributed by atoms with E-state index < -0.39 is 97.5 Å². The molecule has 0 spiro atoms. The molecule has 17 nitrogen and oxygen atoms in total. The molecule has 5 atom stereocenters. The van der Waals surface area contributed by atoms with Gasteiger partial charge in [-0.1, -0.05) is 337 Å². The first kappa shape index (κ1) is 93.1. The van der Waals surface area contributed by atoms with Crippen LogP contribution in [-0.4, -0.2) is 96.7 Å². The lowest BCUT2D eigenvalue weighted by Crippen LogP contribution is -2.30. The highest BCUT2D eigenvalue weighted by atomic mass is 31.2. The number of aliphatic hydroxyl groups excluding tert-OH is 1. The van der Waals surface area contributed by atoms with E-state index in [9.17, 15) is 43.2 Å². The Morgan fingerprint density at radius 1 is 0.284 bits per heavy atom. The predicted octanol–water partition coefficient (Wildman–Crippen LogP) is 22.2. The Kier molecular flexibility index (Phi) is 65.2. The smallest absolute Gasteiger partial charge is 0.462 e. The van der Waals surface area contributed by atoms with Gasteiger partial charge in [0, 0.05) is 25.7 Å². The molecule has 2 unspecified atom stereocenters. The van der Waals surface area contributed by atoms with Crippen molar-refractivity contribution in [3.8, 4) is 0 Å². The van der Waals surface area contributed by atoms with Crippen LogP contribution < -0.4 is 0 Å². The van der Waals surface area contributed by atoms with Gasteiger partial charge in [0.05, 0.1) is 26.4 Å². The van der Waals surface area contributed by atoms with Gasteiger partial charge in [-0.05, 0) is 43.4 Å². The summed E-state index contributed by atoms with van der Waals surface area (Å²) in [5, 5.41) is 10.6. The number of unbranched alkanes of at least 4 members (excludes halogenated alkanes) is 42. The summed E-state index contributed by atoms with van der Waals surface area (Å²) in [5.74, 6) is 0.0470. The van der Waals surface area contributed by atoms with E-state index in [4.69, 9.17) is 37.0 Å². The van der Waals surface area contributed by atoms with Crippen LogP contribution in [0, 0.1) is 17.8 Å². The lowest BCUT2D eigenvalue weighted by molar-refractivity contribution is -0.161. The molecular formula is C76H148O17P2. The number of hydrogen-bond donors (Lipinski definition) is 3. The van der Waals surface area contributed by atoms with E-state index in [0.717, 1.165) is 108 Å². The Labute approximate surface area is 581 Å². The van der Waals surface area contributed by atoms with Crippen molar-refractivity contribution in [1.29, 1.82) is 0 Å². The summed E-state index contributed by atoms with van der Waals surface area (Å²) >= 11 is 0. The highest BCUT2D eigenvalue weighted by Crippen LogP contribution is 2.45. The molecule has 0 saturated carbocycles. The molecule has 0 bridgehead atoms. The largest absolute Gasteiger partial charge is 0.472 e. The van der Waals surface area contributed by atoms with Crippen LogP contribution in [0.15, 0.2) is 0 Å². The number of carbonyl (C=O) groups is 4. The van der Waals surface area contributed by atoms with Crippen LogP contribution in [0.25, 0.3) is 0 Å². The van der Waals surface area contributed by atoms with Gasteiger partial charge in [-0.15, -0.1) is 0 Å². The van der Waals surface area contributed by atoms with E-state index in [1.165, 1.54) is 199 Å². The second kappa shape index (κ2) is 66.6. The summed E-state index contributed by atoms with van der Waals surface area (Å²) < 4.78 is 68.4. The molecule has 0 radical (unpaired) electrons. The van der Waals surface area contributed by atoms with Crippen LogP contribution >= 0.6 is 15.6 Å². The van der Waals surface area contributed by atoms with E-state index in [2.05, 4.69) is 48.5 Å². The zero-order valence-corrected chi connectivity index (χ0v) is 63.9. The highest BCUT2D eigenvalue weighted by molar-refractivity contribution is 7.47. The molecule has 0 aliphatic carbocycles. The molecule has 3 N–H and O–H groups in total. The van der Waals surface area contributed by atoms with Gasteiger partial charge in [0.1, 0.15) is 19.3 Å². The fourth-order valence-corrected chi connectivity index (χ4v) is 13.2. The Bertz CT molecular complexity index is 1850. The summed E-state index contributed by atoms with van der Waals surface area (Å²) in [7, 11) is -9.91. The van der Waals surface area contributed by atoms with Gasteiger partial charge in [0.15, 0.2) is 12.2 Å². The number of ether oxygens (including phenoxy) is 4. The van der Waals surface area contributed by atoms with Crippen molar-refractivity contribution in [1.82, 2.24) is 0 Å². The van der Waals surface area contributed by atoms with Crippen LogP contribution in [0.2, 0.25) is 0 Å². The van der Waals surface area contributed by atoms with E-state index in [-0.39, 0.29) is 25.7 Å². The number of hydrogen-bond acceptors (Lipinski definition) is 15. The molecule has 0 saturated heterocycles. The third kappa shape index (κ3) is 70.3. The standard InChI is InChI=1S/C76H148O17P2/c1-8-9-10-11-12-13-14-15-16-17-18-19-20-21-22-23-24-25-26-38-45-52-59-75(80)92-71(63-86-73(78)57-50-43-36-30-27-33-40-47-54-67(2)3)65-90-94(82,83)88-61-70(77)62-89-95(84,85)91-66-72(93-76(81)60-53-46-39-32-29-35-42-49-56-69(6)7)64-87-74(79)58-51-44-37-31-28-34-41-48-55-68(4)5/h67-72,77H,8-66H2,1-7H3,(H,82,83)(H,84,85)/t70-,71-,72-/m1/s1. The summed E-state index contributed by atoms with van der Waals surface area (Å²) in [4.78, 5) is 72.7. The van der Waals surface area contributed by atoms with Crippen molar-refractivity contribution >= 4 is 39.5 Å². The number of phosphoric ester groups is 2. The van der Waals surface area contributed by atoms with Gasteiger partial charge >= 0.3 is 39.5 Å². The molecular weight excluding hydrogens is 1250 g/mol. The number of esters is 4. The Morgan fingerprint density at radius 2 is 0.484 bits per heavy atom. The molecule has 0 rings (SSSR count). The molecule has 0 aromatic heterocycles. The summed E-state index contributed by atoms with van der Waals surface area (Å²) in [6.07, 6.45) is 53.1. The Morgan fingerprint density at radius 3 is 0.716 bits per heavy atom. The molecule has 0 aliphatic heterocycles. The highest BCUT2D eigenvalue weighted by Gasteiger charge is 2.30. The van der Waals surface area contributed by atoms with Gasteiger partial charge in [0.2, 0.25) is 0 Å². The number of aliphatic hydroxyl groups is 1. The van der Waals surface area contributed by atoms with Gasteiger partial charge in [-0.2, -0.15) is 0 Å². The molecule has 0 aromatic rings. The quantitative estimate of drug-likeness (QED) is 0.0222. The minimum absolute atomic E-state index is 0.104. The van der Waals surface area contributed by atoms with E-state index in [1.54, 1.807) is 0 Å². The molecule has 0 aromatic carbocycles. The first-order valence-corrected chi connectivity index (χ1v) is 42.3. The van der Waals surface area contributed by atoms with Crippen molar-refractivity contribution in [3.05, 3.63) is 0 Å². The molecule has 0 heterocycles. The monoisotopic (exact) mass is 1400 g/mol. The first-order valence-electron chi connectivity index (χ1n) is 39.3. The topological polar surface area (TPSA) is 237 Å². The number of rotatable bonds is 74. The first-order chi connectivity index (χ1) is 45.7. The van der Waals surface area contributed by atoms with Crippen molar-refractivity contribution in [2.24, 2.45) is 17.8 Å². The van der Waals surface area contributed by atoms with Crippen molar-refractivity contribution < 1.29 is 80.2 Å². The Balaban J connectivity index is 5.17.